The van der Waals surface area contributed by atoms with Crippen molar-refractivity contribution >= 4 is 59.9 Å². The van der Waals surface area contributed by atoms with Crippen molar-refractivity contribution in [3.63, 3.8) is 0 Å². The molecule has 0 atom stereocenters. The van der Waals surface area contributed by atoms with Gasteiger partial charge in [0, 0.05) is 44.9 Å². The Labute approximate surface area is 229 Å². The van der Waals surface area contributed by atoms with E-state index < -0.39 is 0 Å². The van der Waals surface area contributed by atoms with Crippen LogP contribution in [-0.2, 0) is 0 Å². The van der Waals surface area contributed by atoms with Crippen molar-refractivity contribution in [3.05, 3.63) is 134 Å². The van der Waals surface area contributed by atoms with Crippen molar-refractivity contribution in [1.29, 1.82) is 0 Å². The Morgan fingerprint density at radius 3 is 1.90 bits per heavy atom. The second kappa shape index (κ2) is 8.01. The lowest BCUT2D eigenvalue weighted by Gasteiger charge is -2.10. The molecule has 0 unspecified atom stereocenters. The number of hydrogen-bond acceptors (Lipinski definition) is 2. The van der Waals surface area contributed by atoms with Crippen molar-refractivity contribution in [3.8, 4) is 17.1 Å². The number of para-hydroxylation sites is 2. The molecule has 0 fully saturated rings. The van der Waals surface area contributed by atoms with Crippen LogP contribution in [0.2, 0.25) is 0 Å². The molecule has 4 aromatic carbocycles. The third-order valence-corrected chi connectivity index (χ3v) is 8.17. The molecule has 0 bridgehead atoms. The fourth-order valence-electron chi connectivity index (χ4n) is 6.44. The first kappa shape index (κ1) is 21.5. The predicted octanol–water partition coefficient (Wildman–Crippen LogP) is 8.95. The van der Waals surface area contributed by atoms with E-state index in [-0.39, 0.29) is 0 Å². The Bertz CT molecular complexity index is 2430. The van der Waals surface area contributed by atoms with Gasteiger partial charge in [0.2, 0.25) is 0 Å². The minimum Gasteiger partial charge on any atom is -0.309 e. The minimum atomic E-state index is 0.902. The van der Waals surface area contributed by atoms with Gasteiger partial charge in [-0.1, -0.05) is 66.7 Å². The van der Waals surface area contributed by atoms with E-state index >= 15 is 0 Å². The maximum atomic E-state index is 5.12. The molecule has 0 aliphatic carbocycles. The van der Waals surface area contributed by atoms with Crippen LogP contribution in [0, 0.1) is 0 Å². The van der Waals surface area contributed by atoms with Gasteiger partial charge in [-0.3, -0.25) is 9.55 Å². The lowest BCUT2D eigenvalue weighted by atomic mass is 10.1. The summed E-state index contributed by atoms with van der Waals surface area (Å²) in [6.45, 7) is 0. The molecule has 0 spiro atoms. The van der Waals surface area contributed by atoms with Gasteiger partial charge >= 0.3 is 0 Å². The zero-order valence-corrected chi connectivity index (χ0v) is 21.5. The van der Waals surface area contributed by atoms with E-state index in [0.29, 0.717) is 0 Å². The van der Waals surface area contributed by atoms with Crippen LogP contribution in [0.1, 0.15) is 0 Å². The van der Waals surface area contributed by atoms with E-state index in [0.717, 1.165) is 28.1 Å². The summed E-state index contributed by atoms with van der Waals surface area (Å²) in [7, 11) is 0. The topological polar surface area (TPSA) is 35.1 Å². The van der Waals surface area contributed by atoms with Gasteiger partial charge in [0.25, 0.3) is 0 Å². The second-order valence-electron chi connectivity index (χ2n) is 10.3. The molecule has 0 saturated carbocycles. The lowest BCUT2D eigenvalue weighted by molar-refractivity contribution is 1.08. The van der Waals surface area contributed by atoms with E-state index in [1.54, 1.807) is 0 Å². The Kier molecular flexibility index (Phi) is 4.30. The van der Waals surface area contributed by atoms with Crippen LogP contribution in [0.15, 0.2) is 134 Å². The fraction of sp³-hybridized carbons (Fsp3) is 0. The largest absolute Gasteiger partial charge is 0.309 e. The number of hydrogen-bond donors (Lipinski definition) is 0. The van der Waals surface area contributed by atoms with Crippen LogP contribution in [0.4, 0.5) is 0 Å². The first-order chi connectivity index (χ1) is 19.8. The number of pyridine rings is 3. The SMILES string of the molecule is c1cc(-c2ccncc2)nc(-n2c3ccccc3c3cc4c(cc32)cc2c3ccccc3c3ccccc3n42)c1. The second-order valence-corrected chi connectivity index (χ2v) is 10.3. The summed E-state index contributed by atoms with van der Waals surface area (Å²) in [6, 6.07) is 43.4. The standard InChI is InChI=1S/C36H22N4/c1-2-10-27-25(8-1)26-9-3-5-13-31(26)39-33-22-29-28-11-4-6-14-32(28)40(35(29)21-24(33)20-34(27)39)36-15-7-12-30(38-36)23-16-18-37-19-17-23/h1-22H. The highest BCUT2D eigenvalue weighted by Crippen LogP contribution is 2.39. The highest BCUT2D eigenvalue weighted by molar-refractivity contribution is 6.18. The minimum absolute atomic E-state index is 0.902. The monoisotopic (exact) mass is 510 g/mol. The molecular weight excluding hydrogens is 488 g/mol. The van der Waals surface area contributed by atoms with Crippen LogP contribution in [-0.4, -0.2) is 18.9 Å². The molecule has 4 nitrogen and oxygen atoms in total. The molecule has 0 radical (unpaired) electrons. The highest BCUT2D eigenvalue weighted by Gasteiger charge is 2.18. The van der Waals surface area contributed by atoms with E-state index in [4.69, 9.17) is 4.98 Å². The van der Waals surface area contributed by atoms with E-state index in [2.05, 4.69) is 123 Å². The molecule has 4 heteroatoms. The molecule has 186 valence electrons. The number of fused-ring (bicyclic) bond motifs is 11. The van der Waals surface area contributed by atoms with Crippen LogP contribution in [0.25, 0.3) is 77.0 Å². The number of nitrogens with zero attached hydrogens (tertiary/aromatic N) is 4. The van der Waals surface area contributed by atoms with Gasteiger partial charge in [0.15, 0.2) is 0 Å². The van der Waals surface area contributed by atoms with Crippen LogP contribution in [0.3, 0.4) is 0 Å². The normalized spacial score (nSPS) is 12.0. The van der Waals surface area contributed by atoms with Crippen LogP contribution < -0.4 is 0 Å². The van der Waals surface area contributed by atoms with Crippen molar-refractivity contribution in [2.24, 2.45) is 0 Å². The highest BCUT2D eigenvalue weighted by atomic mass is 15.1. The van der Waals surface area contributed by atoms with Crippen LogP contribution in [0.5, 0.6) is 0 Å². The molecule has 0 aliphatic heterocycles. The van der Waals surface area contributed by atoms with Crippen molar-refractivity contribution in [2.75, 3.05) is 0 Å². The average molecular weight is 511 g/mol. The van der Waals surface area contributed by atoms with Gasteiger partial charge in [0.1, 0.15) is 5.82 Å². The smallest absolute Gasteiger partial charge is 0.138 e. The Morgan fingerprint density at radius 1 is 0.450 bits per heavy atom. The zero-order chi connectivity index (χ0) is 26.2. The Balaban J connectivity index is 1.42. The van der Waals surface area contributed by atoms with Crippen LogP contribution >= 0.6 is 0 Å². The van der Waals surface area contributed by atoms with Crippen molar-refractivity contribution in [1.82, 2.24) is 18.9 Å². The summed E-state index contributed by atoms with van der Waals surface area (Å²) in [5, 5.41) is 7.46. The molecule has 0 amide bonds. The van der Waals surface area contributed by atoms with Gasteiger partial charge in [-0.25, -0.2) is 4.98 Å². The molecule has 0 N–H and O–H groups in total. The third-order valence-electron chi connectivity index (χ3n) is 8.17. The first-order valence-corrected chi connectivity index (χ1v) is 13.5. The third kappa shape index (κ3) is 2.90. The summed E-state index contributed by atoms with van der Waals surface area (Å²) in [6.07, 6.45) is 3.62. The Morgan fingerprint density at radius 2 is 1.10 bits per heavy atom. The summed E-state index contributed by atoms with van der Waals surface area (Å²) in [4.78, 5) is 9.30. The quantitative estimate of drug-likeness (QED) is 0.218. The molecule has 40 heavy (non-hydrogen) atoms. The predicted molar refractivity (Wildman–Crippen MR) is 165 cm³/mol. The zero-order valence-electron chi connectivity index (χ0n) is 21.5. The molecule has 5 aromatic heterocycles. The first-order valence-electron chi connectivity index (χ1n) is 13.5. The maximum absolute atomic E-state index is 5.12. The van der Waals surface area contributed by atoms with Gasteiger partial charge in [-0.05, 0) is 60.0 Å². The maximum Gasteiger partial charge on any atom is 0.138 e. The molecule has 5 heterocycles. The van der Waals surface area contributed by atoms with E-state index in [1.165, 1.54) is 48.9 Å². The van der Waals surface area contributed by atoms with Gasteiger partial charge in [-0.2, -0.15) is 0 Å². The summed E-state index contributed by atoms with van der Waals surface area (Å²) in [5.41, 5.74) is 7.95. The van der Waals surface area contributed by atoms with Gasteiger partial charge in [0.05, 0.1) is 33.3 Å². The summed E-state index contributed by atoms with van der Waals surface area (Å²) in [5.74, 6) is 0.902. The molecular formula is C36H22N4. The number of benzene rings is 4. The van der Waals surface area contributed by atoms with E-state index in [1.807, 2.05) is 24.5 Å². The van der Waals surface area contributed by atoms with E-state index in [9.17, 15) is 0 Å². The average Bonchev–Trinajstić information content (AvgIpc) is 3.56. The fourth-order valence-corrected chi connectivity index (χ4v) is 6.44. The lowest BCUT2D eigenvalue weighted by Crippen LogP contribution is -1.98. The summed E-state index contributed by atoms with van der Waals surface area (Å²) < 4.78 is 4.73. The molecule has 0 aliphatic rings. The number of aromatic nitrogens is 4. The Hall–Kier alpha value is -5.48. The molecule has 0 saturated heterocycles. The summed E-state index contributed by atoms with van der Waals surface area (Å²) >= 11 is 0. The van der Waals surface area contributed by atoms with Gasteiger partial charge < -0.3 is 4.40 Å². The molecule has 9 rings (SSSR count). The molecule has 9 aromatic rings. The van der Waals surface area contributed by atoms with Crippen molar-refractivity contribution < 1.29 is 0 Å². The van der Waals surface area contributed by atoms with Crippen molar-refractivity contribution in [2.45, 2.75) is 0 Å². The number of rotatable bonds is 2. The van der Waals surface area contributed by atoms with Gasteiger partial charge in [-0.15, -0.1) is 0 Å².